The minimum atomic E-state index is 0. The van der Waals surface area contributed by atoms with Crippen molar-refractivity contribution in [1.29, 1.82) is 0 Å². The molecule has 0 aliphatic carbocycles. The molecule has 0 heterocycles. The van der Waals surface area contributed by atoms with Crippen LogP contribution in [0, 0.1) is 6.92 Å². The fourth-order valence-electron chi connectivity index (χ4n) is 0.780. The molecule has 0 nitrogen and oxygen atoms in total. The monoisotopic (exact) mass is 171 g/mol. The van der Waals surface area contributed by atoms with Gasteiger partial charge >= 0.3 is 0 Å². The number of rotatable bonds is 5. The second-order valence-corrected chi connectivity index (χ2v) is 2.27. The van der Waals surface area contributed by atoms with E-state index >= 15 is 0 Å². The van der Waals surface area contributed by atoms with Gasteiger partial charge < -0.3 is 6.92 Å². The van der Waals surface area contributed by atoms with Crippen LogP contribution < -0.4 is 0 Å². The summed E-state index contributed by atoms with van der Waals surface area (Å²) >= 11 is 0. The molecule has 60 valence electrons. The fraction of sp³-hybridized carbons (Fsp3) is 0.875. The summed E-state index contributed by atoms with van der Waals surface area (Å²) in [5.41, 5.74) is 0. The van der Waals surface area contributed by atoms with Gasteiger partial charge in [0.15, 0.2) is 0 Å². The summed E-state index contributed by atoms with van der Waals surface area (Å²) in [6.45, 7) is 6.02. The third-order valence-corrected chi connectivity index (χ3v) is 1.35. The zero-order valence-electron chi connectivity index (χ0n) is 6.27. The van der Waals surface area contributed by atoms with Gasteiger partial charge in [0.2, 0.25) is 0 Å². The normalized spacial score (nSPS) is 8.67. The minimum absolute atomic E-state index is 0. The van der Waals surface area contributed by atoms with Gasteiger partial charge in [0.25, 0.3) is 0 Å². The van der Waals surface area contributed by atoms with E-state index in [9.17, 15) is 0 Å². The molecule has 0 amide bonds. The fourth-order valence-corrected chi connectivity index (χ4v) is 0.780. The van der Waals surface area contributed by atoms with Gasteiger partial charge in [-0.25, -0.2) is 0 Å². The van der Waals surface area contributed by atoms with Gasteiger partial charge in [-0.15, -0.1) is 0 Å². The molecule has 0 aliphatic heterocycles. The van der Waals surface area contributed by atoms with Crippen LogP contribution in [0.25, 0.3) is 0 Å². The molecule has 0 saturated carbocycles. The van der Waals surface area contributed by atoms with Crippen molar-refractivity contribution in [3.05, 3.63) is 6.92 Å². The van der Waals surface area contributed by atoms with Gasteiger partial charge in [-0.3, -0.25) is 0 Å². The van der Waals surface area contributed by atoms with E-state index in [0.717, 1.165) is 6.42 Å². The summed E-state index contributed by atoms with van der Waals surface area (Å²) in [6.07, 6.45) is 7.98. The molecule has 0 N–H and O–H groups in total. The largest absolute Gasteiger partial charge is 0.343 e. The molecular weight excluding hydrogens is 155 g/mol. The van der Waals surface area contributed by atoms with Crippen molar-refractivity contribution in [2.24, 2.45) is 0 Å². The maximum atomic E-state index is 3.78. The molecular formula is C8H17Ni-. The second-order valence-electron chi connectivity index (χ2n) is 2.27. The third kappa shape index (κ3) is 11.9. The molecule has 0 radical (unpaired) electrons. The van der Waals surface area contributed by atoms with E-state index in [1.807, 2.05) is 0 Å². The summed E-state index contributed by atoms with van der Waals surface area (Å²) in [4.78, 5) is 0. The average Bonchev–Trinajstić information content (AvgIpc) is 1.81. The van der Waals surface area contributed by atoms with Crippen LogP contribution >= 0.6 is 0 Å². The molecule has 0 rings (SSSR count). The predicted octanol–water partition coefficient (Wildman–Crippen LogP) is 3.18. The van der Waals surface area contributed by atoms with Crippen LogP contribution in [0.3, 0.4) is 0 Å². The van der Waals surface area contributed by atoms with Crippen LogP contribution in [0.4, 0.5) is 0 Å². The molecule has 0 aromatic rings. The number of hydrogen-bond donors (Lipinski definition) is 0. The molecule has 0 aliphatic rings. The van der Waals surface area contributed by atoms with Gasteiger partial charge in [0.05, 0.1) is 0 Å². The summed E-state index contributed by atoms with van der Waals surface area (Å²) in [5, 5.41) is 0. The van der Waals surface area contributed by atoms with Crippen LogP contribution in [0.1, 0.15) is 45.4 Å². The first-order valence-electron chi connectivity index (χ1n) is 3.71. The first-order chi connectivity index (χ1) is 3.91. The Balaban J connectivity index is 0. The molecule has 0 atom stereocenters. The van der Waals surface area contributed by atoms with Gasteiger partial charge in [0, 0.05) is 16.5 Å². The molecule has 0 fully saturated rings. The summed E-state index contributed by atoms with van der Waals surface area (Å²) in [6, 6.07) is 0. The van der Waals surface area contributed by atoms with E-state index in [1.54, 1.807) is 0 Å². The molecule has 0 aromatic carbocycles. The predicted molar refractivity (Wildman–Crippen MR) is 38.7 cm³/mol. The minimum Gasteiger partial charge on any atom is -0.343 e. The van der Waals surface area contributed by atoms with E-state index in [0.29, 0.717) is 0 Å². The van der Waals surface area contributed by atoms with E-state index in [1.165, 1.54) is 32.1 Å². The summed E-state index contributed by atoms with van der Waals surface area (Å²) in [7, 11) is 0. The maximum absolute atomic E-state index is 3.78. The van der Waals surface area contributed by atoms with E-state index in [2.05, 4.69) is 13.8 Å². The van der Waals surface area contributed by atoms with Crippen molar-refractivity contribution in [1.82, 2.24) is 0 Å². The second kappa shape index (κ2) is 11.3. The van der Waals surface area contributed by atoms with Crippen molar-refractivity contribution in [2.75, 3.05) is 0 Å². The van der Waals surface area contributed by atoms with Crippen molar-refractivity contribution in [3.63, 3.8) is 0 Å². The molecule has 1 heteroatoms. The molecule has 0 aromatic heterocycles. The zero-order chi connectivity index (χ0) is 6.24. The van der Waals surface area contributed by atoms with Gasteiger partial charge in [-0.1, -0.05) is 39.0 Å². The van der Waals surface area contributed by atoms with E-state index in [-0.39, 0.29) is 16.5 Å². The van der Waals surface area contributed by atoms with Gasteiger partial charge in [0.1, 0.15) is 0 Å². The average molecular weight is 172 g/mol. The third-order valence-electron chi connectivity index (χ3n) is 1.35. The Kier molecular flexibility index (Phi) is 15.3. The summed E-state index contributed by atoms with van der Waals surface area (Å²) < 4.78 is 0. The topological polar surface area (TPSA) is 0 Å². The first kappa shape index (κ1) is 12.2. The Morgan fingerprint density at radius 2 is 1.56 bits per heavy atom. The van der Waals surface area contributed by atoms with Crippen molar-refractivity contribution in [3.8, 4) is 0 Å². The van der Waals surface area contributed by atoms with Crippen LogP contribution in [-0.2, 0) is 16.5 Å². The summed E-state index contributed by atoms with van der Waals surface area (Å²) in [5.74, 6) is 0. The molecule has 0 spiro atoms. The Bertz CT molecular complexity index is 29.5. The molecule has 0 saturated heterocycles. The zero-order valence-corrected chi connectivity index (χ0v) is 7.25. The van der Waals surface area contributed by atoms with Crippen LogP contribution in [-0.4, -0.2) is 0 Å². The van der Waals surface area contributed by atoms with Crippen molar-refractivity contribution < 1.29 is 16.5 Å². The van der Waals surface area contributed by atoms with E-state index < -0.39 is 0 Å². The van der Waals surface area contributed by atoms with Gasteiger partial charge in [-0.05, 0) is 0 Å². The van der Waals surface area contributed by atoms with Crippen molar-refractivity contribution in [2.45, 2.75) is 45.4 Å². The number of hydrogen-bond acceptors (Lipinski definition) is 0. The van der Waals surface area contributed by atoms with Crippen molar-refractivity contribution >= 4 is 0 Å². The van der Waals surface area contributed by atoms with Gasteiger partial charge in [-0.2, -0.15) is 6.42 Å². The molecule has 9 heavy (non-hydrogen) atoms. The Hall–Kier alpha value is 0.494. The van der Waals surface area contributed by atoms with E-state index in [4.69, 9.17) is 0 Å². The van der Waals surface area contributed by atoms with Crippen LogP contribution in [0.5, 0.6) is 0 Å². The Morgan fingerprint density at radius 1 is 1.00 bits per heavy atom. The maximum Gasteiger partial charge on any atom is 0 e. The standard InChI is InChI=1S/C8H17.Ni/c1-3-5-7-8-6-4-2;/h1,3-8H2,2H3;/q-1;. The Labute approximate surface area is 69.3 Å². The first-order valence-corrected chi connectivity index (χ1v) is 3.71. The smallest absolute Gasteiger partial charge is 0 e. The Morgan fingerprint density at radius 3 is 2.00 bits per heavy atom. The molecule has 0 bridgehead atoms. The molecule has 0 unspecified atom stereocenters. The van der Waals surface area contributed by atoms with Crippen LogP contribution in [0.2, 0.25) is 0 Å². The van der Waals surface area contributed by atoms with Crippen LogP contribution in [0.15, 0.2) is 0 Å². The quantitative estimate of drug-likeness (QED) is 0.339. The number of unbranched alkanes of at least 4 members (excludes halogenated alkanes) is 5. The SMILES string of the molecule is [CH2-]CCCCCCC.[Ni].